The minimum atomic E-state index is -0.447. The van der Waals surface area contributed by atoms with Crippen molar-refractivity contribution in [1.29, 1.82) is 0 Å². The molecule has 0 aromatic heterocycles. The van der Waals surface area contributed by atoms with E-state index in [2.05, 4.69) is 0 Å². The van der Waals surface area contributed by atoms with E-state index in [1.807, 2.05) is 4.90 Å². The number of nitro benzene ring substituents is 1. The molecule has 1 heterocycles. The van der Waals surface area contributed by atoms with Gasteiger partial charge in [-0.15, -0.1) is 0 Å². The minimum absolute atomic E-state index is 0.0375. The van der Waals surface area contributed by atoms with Gasteiger partial charge in [-0.25, -0.2) is 0 Å². The fourth-order valence-corrected chi connectivity index (χ4v) is 3.62. The van der Waals surface area contributed by atoms with Crippen molar-refractivity contribution in [1.82, 2.24) is 4.90 Å². The Morgan fingerprint density at radius 3 is 2.29 bits per heavy atom. The van der Waals surface area contributed by atoms with E-state index >= 15 is 0 Å². The Kier molecular flexibility index (Phi) is 6.44. The molecular formula is C19H16Cl3N3O3. The first kappa shape index (κ1) is 20.5. The summed E-state index contributed by atoms with van der Waals surface area (Å²) in [5, 5.41) is 12.6. The molecule has 1 aliphatic rings. The zero-order chi connectivity index (χ0) is 20.3. The molecule has 0 bridgehead atoms. The molecule has 9 heteroatoms. The van der Waals surface area contributed by atoms with E-state index in [1.165, 1.54) is 12.1 Å². The molecule has 1 amide bonds. The Balaban J connectivity index is 1.64. The number of carbonyl (C=O) groups is 1. The van der Waals surface area contributed by atoms with E-state index < -0.39 is 4.92 Å². The van der Waals surface area contributed by atoms with Gasteiger partial charge in [0.2, 0.25) is 5.91 Å². The standard InChI is InChI=1S/C19H16Cl3N3O3/c20-14-3-1-13(16(22)11-14)2-6-19(26)24-9-7-23(8-10-24)17-5-4-15(21)12-18(17)25(27)28/h1-6,11-12H,7-10H2/b6-2+. The number of nitrogens with zero attached hydrogens (tertiary/aromatic N) is 3. The van der Waals surface area contributed by atoms with Crippen molar-refractivity contribution in [3.8, 4) is 0 Å². The van der Waals surface area contributed by atoms with Crippen LogP contribution in [0.15, 0.2) is 42.5 Å². The number of anilines is 1. The summed E-state index contributed by atoms with van der Waals surface area (Å²) in [4.78, 5) is 26.9. The summed E-state index contributed by atoms with van der Waals surface area (Å²) in [6.45, 7) is 1.89. The molecule has 0 saturated carbocycles. The molecule has 3 rings (SSSR count). The number of carbonyl (C=O) groups excluding carboxylic acids is 1. The molecule has 1 saturated heterocycles. The molecule has 28 heavy (non-hydrogen) atoms. The minimum Gasteiger partial charge on any atom is -0.362 e. The molecule has 1 fully saturated rings. The SMILES string of the molecule is O=C(/C=C/c1ccc(Cl)cc1Cl)N1CCN(c2ccc(Cl)cc2[N+](=O)[O-])CC1. The van der Waals surface area contributed by atoms with E-state index in [4.69, 9.17) is 34.8 Å². The fraction of sp³-hybridized carbons (Fsp3) is 0.211. The van der Waals surface area contributed by atoms with Gasteiger partial charge in [0.25, 0.3) is 5.69 Å². The molecule has 0 unspecified atom stereocenters. The lowest BCUT2D eigenvalue weighted by molar-refractivity contribution is -0.384. The van der Waals surface area contributed by atoms with Crippen molar-refractivity contribution >= 4 is 58.2 Å². The second kappa shape index (κ2) is 8.82. The molecule has 0 spiro atoms. The molecule has 0 aliphatic carbocycles. The van der Waals surface area contributed by atoms with Gasteiger partial charge in [0.1, 0.15) is 5.69 Å². The average Bonchev–Trinajstić information content (AvgIpc) is 2.67. The van der Waals surface area contributed by atoms with Crippen molar-refractivity contribution in [2.45, 2.75) is 0 Å². The maximum Gasteiger partial charge on any atom is 0.294 e. The Hall–Kier alpha value is -2.28. The molecule has 2 aromatic rings. The van der Waals surface area contributed by atoms with Crippen molar-refractivity contribution in [2.24, 2.45) is 0 Å². The zero-order valence-corrected chi connectivity index (χ0v) is 16.9. The number of hydrogen-bond acceptors (Lipinski definition) is 4. The molecule has 1 aliphatic heterocycles. The molecule has 6 nitrogen and oxygen atoms in total. The highest BCUT2D eigenvalue weighted by molar-refractivity contribution is 6.35. The van der Waals surface area contributed by atoms with Crippen LogP contribution in [0.4, 0.5) is 11.4 Å². The monoisotopic (exact) mass is 439 g/mol. The summed E-state index contributed by atoms with van der Waals surface area (Å²) in [6, 6.07) is 9.67. The van der Waals surface area contributed by atoms with Crippen LogP contribution in [0.1, 0.15) is 5.56 Å². The maximum absolute atomic E-state index is 12.4. The Bertz CT molecular complexity index is 941. The molecule has 146 valence electrons. The van der Waals surface area contributed by atoms with Gasteiger partial charge in [0.05, 0.1) is 4.92 Å². The smallest absolute Gasteiger partial charge is 0.294 e. The van der Waals surface area contributed by atoms with Gasteiger partial charge in [0, 0.05) is 53.4 Å². The summed E-state index contributed by atoms with van der Waals surface area (Å²) >= 11 is 17.8. The normalized spacial score (nSPS) is 14.5. The number of nitro groups is 1. The van der Waals surface area contributed by atoms with Gasteiger partial charge in [-0.1, -0.05) is 40.9 Å². The molecule has 0 radical (unpaired) electrons. The van der Waals surface area contributed by atoms with Gasteiger partial charge in [0.15, 0.2) is 0 Å². The largest absolute Gasteiger partial charge is 0.362 e. The first-order valence-electron chi connectivity index (χ1n) is 8.46. The van der Waals surface area contributed by atoms with Crippen LogP contribution in [-0.2, 0) is 4.79 Å². The molecule has 0 N–H and O–H groups in total. The third-order valence-electron chi connectivity index (χ3n) is 4.43. The van der Waals surface area contributed by atoms with E-state index in [0.717, 1.165) is 0 Å². The average molecular weight is 441 g/mol. The quantitative estimate of drug-likeness (QED) is 0.384. The molecular weight excluding hydrogens is 425 g/mol. The van der Waals surface area contributed by atoms with Gasteiger partial charge >= 0.3 is 0 Å². The fourth-order valence-electron chi connectivity index (χ4n) is 2.98. The van der Waals surface area contributed by atoms with Crippen molar-refractivity contribution in [2.75, 3.05) is 31.1 Å². The second-order valence-electron chi connectivity index (χ2n) is 6.20. The van der Waals surface area contributed by atoms with E-state index in [-0.39, 0.29) is 11.6 Å². The van der Waals surface area contributed by atoms with Crippen LogP contribution in [0.5, 0.6) is 0 Å². The Morgan fingerprint density at radius 2 is 1.64 bits per heavy atom. The Morgan fingerprint density at radius 1 is 1.00 bits per heavy atom. The zero-order valence-electron chi connectivity index (χ0n) is 14.6. The van der Waals surface area contributed by atoms with Crippen LogP contribution in [-0.4, -0.2) is 41.9 Å². The van der Waals surface area contributed by atoms with Crippen LogP contribution >= 0.6 is 34.8 Å². The molecule has 2 aromatic carbocycles. The summed E-state index contributed by atoms with van der Waals surface area (Å²) in [7, 11) is 0. The predicted octanol–water partition coefficient (Wildman–Crippen LogP) is 4.92. The van der Waals surface area contributed by atoms with Crippen LogP contribution in [0.3, 0.4) is 0 Å². The lowest BCUT2D eigenvalue weighted by Crippen LogP contribution is -2.48. The third-order valence-corrected chi connectivity index (χ3v) is 5.23. The number of benzene rings is 2. The number of amides is 1. The predicted molar refractivity (Wildman–Crippen MR) is 112 cm³/mol. The lowest BCUT2D eigenvalue weighted by Gasteiger charge is -2.35. The summed E-state index contributed by atoms with van der Waals surface area (Å²) < 4.78 is 0. The topological polar surface area (TPSA) is 66.7 Å². The summed E-state index contributed by atoms with van der Waals surface area (Å²) in [5.74, 6) is -0.142. The molecule has 0 atom stereocenters. The summed E-state index contributed by atoms with van der Waals surface area (Å²) in [6.07, 6.45) is 3.12. The number of halogens is 3. The number of rotatable bonds is 4. The highest BCUT2D eigenvalue weighted by Gasteiger charge is 2.25. The number of piperazine rings is 1. The van der Waals surface area contributed by atoms with Crippen molar-refractivity contribution in [3.05, 3.63) is 73.2 Å². The summed E-state index contributed by atoms with van der Waals surface area (Å²) in [5.41, 5.74) is 1.17. The van der Waals surface area contributed by atoms with Crippen molar-refractivity contribution < 1.29 is 9.72 Å². The van der Waals surface area contributed by atoms with Gasteiger partial charge < -0.3 is 9.80 Å². The lowest BCUT2D eigenvalue weighted by atomic mass is 10.2. The highest BCUT2D eigenvalue weighted by Crippen LogP contribution is 2.31. The van der Waals surface area contributed by atoms with Crippen LogP contribution in [0.25, 0.3) is 6.08 Å². The van der Waals surface area contributed by atoms with Crippen molar-refractivity contribution in [3.63, 3.8) is 0 Å². The third kappa shape index (κ3) is 4.76. The van der Waals surface area contributed by atoms with Gasteiger partial charge in [-0.3, -0.25) is 14.9 Å². The first-order chi connectivity index (χ1) is 13.3. The van der Waals surface area contributed by atoms with Crippen LogP contribution < -0.4 is 4.90 Å². The van der Waals surface area contributed by atoms with Crippen LogP contribution in [0.2, 0.25) is 15.1 Å². The second-order valence-corrected chi connectivity index (χ2v) is 7.48. The van der Waals surface area contributed by atoms with Gasteiger partial charge in [-0.05, 0) is 35.9 Å². The highest BCUT2D eigenvalue weighted by atomic mass is 35.5. The van der Waals surface area contributed by atoms with Crippen LogP contribution in [0, 0.1) is 10.1 Å². The van der Waals surface area contributed by atoms with Gasteiger partial charge in [-0.2, -0.15) is 0 Å². The maximum atomic E-state index is 12.4. The number of hydrogen-bond donors (Lipinski definition) is 0. The van der Waals surface area contributed by atoms with E-state index in [9.17, 15) is 14.9 Å². The van der Waals surface area contributed by atoms with E-state index in [0.29, 0.717) is 52.5 Å². The Labute approximate surface area is 177 Å². The van der Waals surface area contributed by atoms with E-state index in [1.54, 1.807) is 41.3 Å². The first-order valence-corrected chi connectivity index (χ1v) is 9.59.